The Labute approximate surface area is 111 Å². The molecule has 1 heterocycles. The number of epoxide rings is 1. The monoisotopic (exact) mass is 256 g/mol. The summed E-state index contributed by atoms with van der Waals surface area (Å²) in [5.74, 6) is 2.43. The highest BCUT2D eigenvalue weighted by molar-refractivity contribution is 6.02. The Morgan fingerprint density at radius 3 is 1.84 bits per heavy atom. The summed E-state index contributed by atoms with van der Waals surface area (Å²) in [6.45, 7) is 0. The van der Waals surface area contributed by atoms with Crippen LogP contribution in [0.15, 0.2) is 12.2 Å². The normalized spacial score (nSPS) is 66.3. The molecule has 6 rings (SSSR count). The second kappa shape index (κ2) is 2.73. The zero-order valence-corrected chi connectivity index (χ0v) is 10.6. The summed E-state index contributed by atoms with van der Waals surface area (Å²) in [5, 5.41) is 0. The maximum absolute atomic E-state index is 12.9. The summed E-state index contributed by atoms with van der Waals surface area (Å²) >= 11 is 0. The highest BCUT2D eigenvalue weighted by Gasteiger charge is 2.74. The van der Waals surface area contributed by atoms with Gasteiger partial charge in [-0.1, -0.05) is 12.2 Å². The number of hydrogen-bond donors (Lipinski definition) is 0. The van der Waals surface area contributed by atoms with E-state index in [-0.39, 0.29) is 23.7 Å². The number of allylic oxidation sites excluding steroid dienone is 2. The zero-order chi connectivity index (χ0) is 12.5. The van der Waals surface area contributed by atoms with E-state index in [0.717, 1.165) is 12.8 Å². The van der Waals surface area contributed by atoms with E-state index in [4.69, 9.17) is 4.74 Å². The van der Waals surface area contributed by atoms with Crippen molar-refractivity contribution in [3.05, 3.63) is 12.2 Å². The van der Waals surface area contributed by atoms with Crippen molar-refractivity contribution in [2.75, 3.05) is 0 Å². The van der Waals surface area contributed by atoms with Gasteiger partial charge in [0.25, 0.3) is 0 Å². The minimum Gasteiger partial charge on any atom is -0.369 e. The number of ketones is 2. The van der Waals surface area contributed by atoms with Crippen molar-refractivity contribution >= 4 is 11.6 Å². The minimum absolute atomic E-state index is 0.0234. The molecule has 6 aliphatic rings. The van der Waals surface area contributed by atoms with Crippen molar-refractivity contribution in [2.24, 2.45) is 47.3 Å². The van der Waals surface area contributed by atoms with Gasteiger partial charge in [-0.25, -0.2) is 0 Å². The van der Waals surface area contributed by atoms with Crippen LogP contribution in [0.4, 0.5) is 0 Å². The number of hydrogen-bond acceptors (Lipinski definition) is 3. The van der Waals surface area contributed by atoms with Crippen LogP contribution in [0.5, 0.6) is 0 Å². The van der Waals surface area contributed by atoms with Crippen LogP contribution in [-0.2, 0) is 14.3 Å². The van der Waals surface area contributed by atoms with Gasteiger partial charge in [0, 0.05) is 23.7 Å². The topological polar surface area (TPSA) is 46.7 Å². The van der Waals surface area contributed by atoms with E-state index >= 15 is 0 Å². The SMILES string of the molecule is O=C1[C@@H]2[C@H]3C[C@@H]([C@@H]4O[C@@H]34)[C@H]2C(=O)[C@H]2[C@@H]1[C@H]1C=C[C@H]2C1. The lowest BCUT2D eigenvalue weighted by Gasteiger charge is -2.40. The van der Waals surface area contributed by atoms with E-state index in [2.05, 4.69) is 12.2 Å². The van der Waals surface area contributed by atoms with Crippen molar-refractivity contribution in [1.29, 1.82) is 0 Å². The average Bonchev–Trinajstić information content (AvgIpc) is 2.83. The van der Waals surface area contributed by atoms with E-state index in [1.54, 1.807) is 0 Å². The van der Waals surface area contributed by atoms with E-state index in [9.17, 15) is 9.59 Å². The highest BCUT2D eigenvalue weighted by Crippen LogP contribution is 2.67. The predicted octanol–water partition coefficient (Wildman–Crippen LogP) is 1.23. The molecule has 5 fully saturated rings. The Morgan fingerprint density at radius 2 is 1.32 bits per heavy atom. The molecule has 0 aromatic heterocycles. The lowest BCUT2D eigenvalue weighted by atomic mass is 9.59. The molecule has 0 aromatic rings. The average molecular weight is 256 g/mol. The maximum Gasteiger partial charge on any atom is 0.141 e. The molecule has 4 bridgehead atoms. The fraction of sp³-hybridized carbons (Fsp3) is 0.750. The van der Waals surface area contributed by atoms with Crippen LogP contribution < -0.4 is 0 Å². The quantitative estimate of drug-likeness (QED) is 0.484. The molecule has 1 saturated heterocycles. The van der Waals surface area contributed by atoms with Crippen molar-refractivity contribution in [3.8, 4) is 0 Å². The van der Waals surface area contributed by atoms with Crippen LogP contribution in [-0.4, -0.2) is 23.8 Å². The summed E-state index contributed by atoms with van der Waals surface area (Å²) < 4.78 is 5.70. The predicted molar refractivity (Wildman–Crippen MR) is 65.0 cm³/mol. The number of rotatable bonds is 0. The fourth-order valence-corrected chi connectivity index (χ4v) is 6.46. The molecule has 5 aliphatic carbocycles. The van der Waals surface area contributed by atoms with Crippen molar-refractivity contribution in [3.63, 3.8) is 0 Å². The Balaban J connectivity index is 1.50. The summed E-state index contributed by atoms with van der Waals surface area (Å²) in [4.78, 5) is 25.9. The van der Waals surface area contributed by atoms with Crippen LogP contribution in [0.3, 0.4) is 0 Å². The second-order valence-electron chi connectivity index (χ2n) is 7.48. The summed E-state index contributed by atoms with van der Waals surface area (Å²) in [6, 6.07) is 0. The first-order chi connectivity index (χ1) is 9.25. The van der Waals surface area contributed by atoms with E-state index in [1.165, 1.54) is 0 Å². The first-order valence-electron chi connectivity index (χ1n) is 7.67. The first kappa shape index (κ1) is 9.87. The van der Waals surface area contributed by atoms with Crippen LogP contribution in [0.25, 0.3) is 0 Å². The molecule has 3 heteroatoms. The fourth-order valence-electron chi connectivity index (χ4n) is 6.46. The Kier molecular flexibility index (Phi) is 1.42. The number of ether oxygens (including phenoxy) is 1. The summed E-state index contributed by atoms with van der Waals surface area (Å²) in [7, 11) is 0. The lowest BCUT2D eigenvalue weighted by molar-refractivity contribution is -0.149. The van der Waals surface area contributed by atoms with Gasteiger partial charge in [-0.15, -0.1) is 0 Å². The highest BCUT2D eigenvalue weighted by atomic mass is 16.6. The molecule has 98 valence electrons. The largest absolute Gasteiger partial charge is 0.369 e. The van der Waals surface area contributed by atoms with Gasteiger partial charge in [0.15, 0.2) is 0 Å². The third-order valence-electron chi connectivity index (χ3n) is 7.03. The number of carbonyl (C=O) groups is 2. The third kappa shape index (κ3) is 0.884. The van der Waals surface area contributed by atoms with Crippen molar-refractivity contribution in [1.82, 2.24) is 0 Å². The van der Waals surface area contributed by atoms with E-state index < -0.39 is 0 Å². The Morgan fingerprint density at radius 1 is 0.789 bits per heavy atom. The van der Waals surface area contributed by atoms with Crippen LogP contribution >= 0.6 is 0 Å². The van der Waals surface area contributed by atoms with Crippen LogP contribution in [0, 0.1) is 47.3 Å². The van der Waals surface area contributed by atoms with Gasteiger partial charge >= 0.3 is 0 Å². The number of carbonyl (C=O) groups excluding carboxylic acids is 2. The van der Waals surface area contributed by atoms with Gasteiger partial charge in [-0.2, -0.15) is 0 Å². The molecular weight excluding hydrogens is 240 g/mol. The molecule has 1 aliphatic heterocycles. The molecule has 10 atom stereocenters. The van der Waals surface area contributed by atoms with Gasteiger partial charge in [0.1, 0.15) is 11.6 Å². The minimum atomic E-state index is 0.0234. The van der Waals surface area contributed by atoms with Gasteiger partial charge in [-0.05, 0) is 36.5 Å². The molecule has 4 saturated carbocycles. The lowest BCUT2D eigenvalue weighted by Crippen LogP contribution is -2.52. The van der Waals surface area contributed by atoms with Crippen LogP contribution in [0.2, 0.25) is 0 Å². The number of Topliss-reactive ketones (excluding diaryl/α,β-unsaturated/α-hetero) is 2. The molecule has 0 unspecified atom stereocenters. The zero-order valence-electron chi connectivity index (χ0n) is 10.6. The molecule has 0 amide bonds. The Hall–Kier alpha value is -0.960. The van der Waals surface area contributed by atoms with Crippen LogP contribution in [0.1, 0.15) is 12.8 Å². The van der Waals surface area contributed by atoms with Crippen molar-refractivity contribution < 1.29 is 14.3 Å². The van der Waals surface area contributed by atoms with Gasteiger partial charge in [0.2, 0.25) is 0 Å². The second-order valence-corrected chi connectivity index (χ2v) is 7.48. The molecular formula is C16H16O3. The molecule has 19 heavy (non-hydrogen) atoms. The molecule has 0 aromatic carbocycles. The van der Waals surface area contributed by atoms with Gasteiger partial charge < -0.3 is 4.74 Å². The summed E-state index contributed by atoms with van der Waals surface area (Å²) in [6.07, 6.45) is 7.17. The molecule has 0 radical (unpaired) electrons. The Bertz CT molecular complexity index is 518. The molecule has 0 N–H and O–H groups in total. The molecule has 3 nitrogen and oxygen atoms in total. The number of fused-ring (bicyclic) bond motifs is 13. The molecule has 0 spiro atoms. The van der Waals surface area contributed by atoms with Crippen molar-refractivity contribution in [2.45, 2.75) is 25.0 Å². The van der Waals surface area contributed by atoms with Gasteiger partial charge in [0.05, 0.1) is 12.2 Å². The van der Waals surface area contributed by atoms with E-state index in [1.807, 2.05) is 0 Å². The maximum atomic E-state index is 12.9. The van der Waals surface area contributed by atoms with E-state index in [0.29, 0.717) is 47.4 Å². The standard InChI is InChI=1S/C16H16O3/c17-13-9-5-1-2-6(3-5)10(9)14(18)12-8-4-7(11(12)13)15-16(8)19-15/h1-2,5-12,15-16H,3-4H2/t5-,6-,7+,8+,9-,10+,11+,12+,15-,16-/m0/s1. The smallest absolute Gasteiger partial charge is 0.141 e. The first-order valence-corrected chi connectivity index (χ1v) is 7.67. The summed E-state index contributed by atoms with van der Waals surface area (Å²) in [5.41, 5.74) is 0. The third-order valence-corrected chi connectivity index (χ3v) is 7.03. The van der Waals surface area contributed by atoms with Gasteiger partial charge in [-0.3, -0.25) is 9.59 Å².